The minimum absolute atomic E-state index is 0.0671. The molecule has 0 aromatic heterocycles. The largest absolute Gasteiger partial charge is 0.869 e. The van der Waals surface area contributed by atoms with Gasteiger partial charge in [0, 0.05) is 3.57 Å². The zero-order valence-electron chi connectivity index (χ0n) is 7.41. The molecule has 0 radical (unpaired) electrons. The molecule has 0 saturated heterocycles. The number of carbonyl (C=O) groups is 1. The Balaban J connectivity index is 3.20. The zero-order chi connectivity index (χ0) is 10.7. The molecule has 0 aliphatic heterocycles. The summed E-state index contributed by atoms with van der Waals surface area (Å²) in [4.78, 5) is 10.7. The van der Waals surface area contributed by atoms with Gasteiger partial charge in [0.25, 0.3) is 0 Å². The van der Waals surface area contributed by atoms with Gasteiger partial charge in [0.2, 0.25) is 0 Å². The predicted molar refractivity (Wildman–Crippen MR) is 56.7 cm³/mol. The Labute approximate surface area is 94.7 Å². The summed E-state index contributed by atoms with van der Waals surface area (Å²) in [6.07, 6.45) is 0. The number of carboxylic acids is 1. The molecule has 0 amide bonds. The Morgan fingerprint density at radius 2 is 2.29 bits per heavy atom. The van der Waals surface area contributed by atoms with Gasteiger partial charge in [-0.15, -0.1) is 0 Å². The van der Waals surface area contributed by atoms with E-state index in [0.29, 0.717) is 10.2 Å². The molecule has 0 aliphatic carbocycles. The number of rotatable bonds is 3. The van der Waals surface area contributed by atoms with Crippen LogP contribution in [0.15, 0.2) is 12.1 Å². The lowest BCUT2D eigenvalue weighted by molar-refractivity contribution is -0.271. The Morgan fingerprint density at radius 3 is 2.79 bits per heavy atom. The number of ether oxygens (including phenoxy) is 1. The first kappa shape index (κ1) is 11.1. The van der Waals surface area contributed by atoms with E-state index >= 15 is 0 Å². The van der Waals surface area contributed by atoms with Crippen LogP contribution in [0.2, 0.25) is 0 Å². The molecule has 1 aromatic rings. The summed E-state index contributed by atoms with van der Waals surface area (Å²) in [6.45, 7) is 2.08. The third kappa shape index (κ3) is 2.28. The predicted octanol–water partition coefficient (Wildman–Crippen LogP) is 1.46. The number of halogens is 1. The van der Waals surface area contributed by atoms with Crippen molar-refractivity contribution in [3.05, 3.63) is 21.3 Å². The van der Waals surface area contributed by atoms with Gasteiger partial charge in [0.15, 0.2) is 0 Å². The van der Waals surface area contributed by atoms with Crippen LogP contribution >= 0.6 is 22.6 Å². The highest BCUT2D eigenvalue weighted by molar-refractivity contribution is 14.1. The lowest BCUT2D eigenvalue weighted by atomic mass is 10.2. The van der Waals surface area contributed by atoms with Gasteiger partial charge in [-0.3, -0.25) is 0 Å². The molecular weight excluding hydrogens is 299 g/mol. The first-order valence-electron chi connectivity index (χ1n) is 3.93. The smallest absolute Gasteiger partial charge is 0.335 e. The minimum atomic E-state index is -1.07. The molecular formula is C9H8IO4-. The standard InChI is InChI=1S/C9H9IO4/c1-2-14-7-4-5(9(12)13)3-6(10)8(7)11/h3-4,11H,2H2,1H3,(H,12,13)/p-1. The Morgan fingerprint density at radius 1 is 1.64 bits per heavy atom. The minimum Gasteiger partial charge on any atom is -0.869 e. The third-order valence-corrected chi connectivity index (χ3v) is 2.36. The van der Waals surface area contributed by atoms with Crippen LogP contribution in [-0.4, -0.2) is 17.7 Å². The van der Waals surface area contributed by atoms with Crippen LogP contribution in [-0.2, 0) is 0 Å². The van der Waals surface area contributed by atoms with Crippen molar-refractivity contribution in [2.75, 3.05) is 6.61 Å². The molecule has 1 rings (SSSR count). The first-order valence-corrected chi connectivity index (χ1v) is 5.00. The summed E-state index contributed by atoms with van der Waals surface area (Å²) in [5.74, 6) is -1.24. The van der Waals surface area contributed by atoms with Gasteiger partial charge in [-0.1, -0.05) is 5.75 Å². The number of carboxylic acid groups (broad SMARTS) is 1. The number of hydrogen-bond donors (Lipinski definition) is 1. The Hall–Kier alpha value is -0.980. The normalized spacial score (nSPS) is 9.86. The fourth-order valence-electron chi connectivity index (χ4n) is 0.954. The third-order valence-electron chi connectivity index (χ3n) is 1.56. The van der Waals surface area contributed by atoms with E-state index in [1.807, 2.05) is 0 Å². The second kappa shape index (κ2) is 4.50. The lowest BCUT2D eigenvalue weighted by Gasteiger charge is -2.16. The highest BCUT2D eigenvalue weighted by Crippen LogP contribution is 2.30. The van der Waals surface area contributed by atoms with Gasteiger partial charge in [0.05, 0.1) is 12.2 Å². The second-order valence-electron chi connectivity index (χ2n) is 2.52. The van der Waals surface area contributed by atoms with Crippen molar-refractivity contribution in [1.82, 2.24) is 0 Å². The van der Waals surface area contributed by atoms with Crippen molar-refractivity contribution in [3.63, 3.8) is 0 Å². The molecule has 4 nitrogen and oxygen atoms in total. The van der Waals surface area contributed by atoms with E-state index in [9.17, 15) is 9.90 Å². The van der Waals surface area contributed by atoms with Crippen molar-refractivity contribution in [2.45, 2.75) is 6.92 Å². The topological polar surface area (TPSA) is 69.6 Å². The van der Waals surface area contributed by atoms with Crippen molar-refractivity contribution >= 4 is 28.6 Å². The summed E-state index contributed by atoms with van der Waals surface area (Å²) in [6, 6.07) is 2.57. The van der Waals surface area contributed by atoms with Gasteiger partial charge in [-0.2, -0.15) is 0 Å². The van der Waals surface area contributed by atoms with Crippen LogP contribution in [0.3, 0.4) is 0 Å². The summed E-state index contributed by atoms with van der Waals surface area (Å²) in [7, 11) is 0. The summed E-state index contributed by atoms with van der Waals surface area (Å²) in [5, 5.41) is 20.1. The van der Waals surface area contributed by atoms with Gasteiger partial charge in [0.1, 0.15) is 5.75 Å². The monoisotopic (exact) mass is 307 g/mol. The fourth-order valence-corrected chi connectivity index (χ4v) is 1.56. The quantitative estimate of drug-likeness (QED) is 0.858. The number of hydrogen-bond acceptors (Lipinski definition) is 3. The highest BCUT2D eigenvalue weighted by Gasteiger charge is 2.08. The van der Waals surface area contributed by atoms with Crippen molar-refractivity contribution < 1.29 is 19.7 Å². The molecule has 76 valence electrons. The zero-order valence-corrected chi connectivity index (χ0v) is 9.57. The molecule has 0 atom stereocenters. The van der Waals surface area contributed by atoms with Crippen LogP contribution in [0, 0.1) is 3.57 Å². The number of aromatic carboxylic acids is 1. The van der Waals surface area contributed by atoms with Gasteiger partial charge in [-0.25, -0.2) is 4.79 Å². The van der Waals surface area contributed by atoms with Gasteiger partial charge >= 0.3 is 5.97 Å². The van der Waals surface area contributed by atoms with Crippen LogP contribution in [0.25, 0.3) is 0 Å². The first-order chi connectivity index (χ1) is 6.56. The summed E-state index contributed by atoms with van der Waals surface area (Å²) < 4.78 is 5.38. The summed E-state index contributed by atoms with van der Waals surface area (Å²) in [5.41, 5.74) is 0.0671. The van der Waals surface area contributed by atoms with E-state index in [1.54, 1.807) is 29.5 Å². The van der Waals surface area contributed by atoms with Crippen LogP contribution in [0.4, 0.5) is 0 Å². The van der Waals surface area contributed by atoms with E-state index in [-0.39, 0.29) is 17.1 Å². The van der Waals surface area contributed by atoms with E-state index in [4.69, 9.17) is 9.84 Å². The van der Waals surface area contributed by atoms with Crippen LogP contribution in [0.5, 0.6) is 11.5 Å². The molecule has 1 aromatic carbocycles. The lowest BCUT2D eigenvalue weighted by Crippen LogP contribution is -2.04. The molecule has 14 heavy (non-hydrogen) atoms. The number of benzene rings is 1. The summed E-state index contributed by atoms with van der Waals surface area (Å²) >= 11 is 1.79. The fraction of sp³-hybridized carbons (Fsp3) is 0.222. The van der Waals surface area contributed by atoms with E-state index in [1.165, 1.54) is 12.1 Å². The molecule has 0 aliphatic rings. The second-order valence-corrected chi connectivity index (χ2v) is 3.69. The van der Waals surface area contributed by atoms with Gasteiger partial charge < -0.3 is 14.9 Å². The van der Waals surface area contributed by atoms with Crippen molar-refractivity contribution in [2.24, 2.45) is 0 Å². The molecule has 0 spiro atoms. The molecule has 0 saturated carbocycles. The van der Waals surface area contributed by atoms with Crippen LogP contribution < -0.4 is 9.84 Å². The van der Waals surface area contributed by atoms with Gasteiger partial charge in [-0.05, 0) is 41.6 Å². The Bertz CT molecular complexity index is 362. The maximum Gasteiger partial charge on any atom is 0.335 e. The molecule has 0 fully saturated rings. The molecule has 0 heterocycles. The van der Waals surface area contributed by atoms with Crippen molar-refractivity contribution in [3.8, 4) is 11.5 Å². The maximum absolute atomic E-state index is 11.4. The average Bonchev–Trinajstić information content (AvgIpc) is 2.12. The average molecular weight is 307 g/mol. The SMILES string of the molecule is CCOc1cc(C(=O)O)cc(I)c1[O-]. The van der Waals surface area contributed by atoms with Crippen molar-refractivity contribution in [1.29, 1.82) is 0 Å². The van der Waals surface area contributed by atoms with Crippen LogP contribution in [0.1, 0.15) is 17.3 Å². The van der Waals surface area contributed by atoms with E-state index in [0.717, 1.165) is 0 Å². The molecule has 5 heteroatoms. The van der Waals surface area contributed by atoms with E-state index in [2.05, 4.69) is 0 Å². The highest BCUT2D eigenvalue weighted by atomic mass is 127. The maximum atomic E-state index is 11.4. The Kier molecular flexibility index (Phi) is 3.56. The molecule has 0 bridgehead atoms. The molecule has 0 unspecified atom stereocenters. The van der Waals surface area contributed by atoms with E-state index < -0.39 is 5.97 Å². The molecule has 1 N–H and O–H groups in total.